The topological polar surface area (TPSA) is 237 Å². The van der Waals surface area contributed by atoms with Gasteiger partial charge in [0, 0.05) is 25.7 Å². The van der Waals surface area contributed by atoms with Crippen LogP contribution < -0.4 is 0 Å². The lowest BCUT2D eigenvalue weighted by atomic mass is 9.99. The van der Waals surface area contributed by atoms with Crippen molar-refractivity contribution in [2.24, 2.45) is 17.8 Å². The quantitative estimate of drug-likeness (QED) is 0.0222. The molecular weight excluding hydrogens is 1390 g/mol. The molecule has 0 aliphatic heterocycles. The Labute approximate surface area is 658 Å². The van der Waals surface area contributed by atoms with Crippen LogP contribution in [0.5, 0.6) is 0 Å². The molecular formula is C88H172O17P2. The highest BCUT2D eigenvalue weighted by molar-refractivity contribution is 7.47. The number of carbonyl (C=O) groups excluding carboxylic acids is 4. The SMILES string of the molecule is CCCCCCCCCCCCCCC(=O)OC[C@H](COP(=O)(O)OC[C@H](O)COP(=O)(O)OC[C@@H](COC(=O)CCCCCCCCCCCCCCCCCCCCC(C)C)OC(=O)CCCCCCCCCCCCCCCCCCCCC(C)CC)OC(=O)CCCCCCCCCCC(C)CC. The van der Waals surface area contributed by atoms with Crippen molar-refractivity contribution in [2.45, 2.75) is 484 Å². The van der Waals surface area contributed by atoms with Crippen molar-refractivity contribution >= 4 is 39.5 Å². The van der Waals surface area contributed by atoms with Crippen LogP contribution >= 0.6 is 15.6 Å². The van der Waals surface area contributed by atoms with Crippen LogP contribution in [0.2, 0.25) is 0 Å². The summed E-state index contributed by atoms with van der Waals surface area (Å²) in [5.41, 5.74) is 0. The summed E-state index contributed by atoms with van der Waals surface area (Å²) in [7, 11) is -9.93. The lowest BCUT2D eigenvalue weighted by Crippen LogP contribution is -2.30. The van der Waals surface area contributed by atoms with Crippen LogP contribution in [-0.4, -0.2) is 96.7 Å². The fourth-order valence-electron chi connectivity index (χ4n) is 13.7. The van der Waals surface area contributed by atoms with Gasteiger partial charge in [0.1, 0.15) is 19.3 Å². The van der Waals surface area contributed by atoms with Gasteiger partial charge in [-0.25, -0.2) is 9.13 Å². The Morgan fingerprint density at radius 2 is 0.477 bits per heavy atom. The lowest BCUT2D eigenvalue weighted by Gasteiger charge is -2.21. The third-order valence-electron chi connectivity index (χ3n) is 21.4. The molecule has 19 heteroatoms. The third-order valence-corrected chi connectivity index (χ3v) is 23.3. The molecule has 0 radical (unpaired) electrons. The number of phosphoric ester groups is 2. The van der Waals surface area contributed by atoms with E-state index in [9.17, 15) is 43.2 Å². The maximum atomic E-state index is 13.2. The molecule has 0 aromatic heterocycles. The molecule has 7 atom stereocenters. The van der Waals surface area contributed by atoms with Gasteiger partial charge in [-0.3, -0.25) is 37.3 Å². The number of ether oxygens (including phenoxy) is 4. The van der Waals surface area contributed by atoms with Crippen LogP contribution in [0, 0.1) is 17.8 Å². The van der Waals surface area contributed by atoms with Gasteiger partial charge in [0.05, 0.1) is 26.4 Å². The molecule has 0 heterocycles. The smallest absolute Gasteiger partial charge is 0.462 e. The van der Waals surface area contributed by atoms with Crippen LogP contribution in [0.25, 0.3) is 0 Å². The zero-order valence-electron chi connectivity index (χ0n) is 70.6. The number of hydrogen-bond donors (Lipinski definition) is 3. The number of carbonyl (C=O) groups is 4. The monoisotopic (exact) mass is 1560 g/mol. The number of phosphoric acid groups is 2. The molecule has 0 fully saturated rings. The van der Waals surface area contributed by atoms with E-state index in [1.807, 2.05) is 0 Å². The molecule has 17 nitrogen and oxygen atoms in total. The number of hydrogen-bond acceptors (Lipinski definition) is 15. The minimum absolute atomic E-state index is 0.106. The van der Waals surface area contributed by atoms with Crippen LogP contribution in [0.3, 0.4) is 0 Å². The fraction of sp³-hybridized carbons (Fsp3) is 0.955. The first-order valence-corrected chi connectivity index (χ1v) is 48.4. The molecule has 0 bridgehead atoms. The summed E-state index contributed by atoms with van der Waals surface area (Å²) < 4.78 is 68.9. The molecule has 0 aliphatic carbocycles. The summed E-state index contributed by atoms with van der Waals surface area (Å²) in [6.07, 6.45) is 69.4. The third kappa shape index (κ3) is 79.1. The molecule has 0 aliphatic rings. The number of esters is 4. The van der Waals surface area contributed by atoms with Gasteiger partial charge in [-0.2, -0.15) is 0 Å². The molecule has 0 aromatic carbocycles. The Balaban J connectivity index is 5.22. The normalized spacial score (nSPS) is 14.3. The molecule has 107 heavy (non-hydrogen) atoms. The van der Waals surface area contributed by atoms with Crippen molar-refractivity contribution in [1.82, 2.24) is 0 Å². The van der Waals surface area contributed by atoms with E-state index in [-0.39, 0.29) is 25.7 Å². The van der Waals surface area contributed by atoms with Gasteiger partial charge in [-0.15, -0.1) is 0 Å². The van der Waals surface area contributed by atoms with E-state index in [2.05, 4.69) is 48.5 Å². The average Bonchev–Trinajstić information content (AvgIpc) is 0.901. The van der Waals surface area contributed by atoms with Crippen molar-refractivity contribution in [3.8, 4) is 0 Å². The van der Waals surface area contributed by atoms with E-state index >= 15 is 0 Å². The number of aliphatic hydroxyl groups excluding tert-OH is 1. The standard InChI is InChI=1S/C88H172O17P2/c1-8-11-12-13-14-15-16-35-40-48-55-62-69-85(90)99-76-84(105-88(93)72-65-58-51-44-43-47-54-61-68-81(7)10-3)78-103-107(96,97)101-74-82(89)73-100-106(94,95)102-77-83(75-98-86(91)70-63-56-49-41-36-31-27-23-19-17-21-25-29-33-38-45-52-59-66-79(4)5)104-87(92)71-64-57-50-42-37-32-28-24-20-18-22-26-30-34-39-46-53-60-67-80(6)9-2/h79-84,89H,8-78H2,1-7H3,(H,94,95)(H,96,97)/t80?,81?,82-,83-,84-/m1/s1. The number of aliphatic hydroxyl groups is 1. The van der Waals surface area contributed by atoms with Crippen LogP contribution in [0.4, 0.5) is 0 Å². The predicted molar refractivity (Wildman–Crippen MR) is 441 cm³/mol. The summed E-state index contributed by atoms with van der Waals surface area (Å²) in [5.74, 6) is 0.360. The maximum Gasteiger partial charge on any atom is 0.472 e. The molecule has 3 N–H and O–H groups in total. The van der Waals surface area contributed by atoms with Crippen molar-refractivity contribution in [1.29, 1.82) is 0 Å². The molecule has 4 unspecified atom stereocenters. The largest absolute Gasteiger partial charge is 0.472 e. The number of unbranched alkanes of at least 4 members (excludes halogenated alkanes) is 52. The number of rotatable bonds is 86. The molecule has 0 aromatic rings. The van der Waals surface area contributed by atoms with Crippen molar-refractivity contribution in [3.05, 3.63) is 0 Å². The molecule has 0 saturated carbocycles. The molecule has 0 amide bonds. The fourth-order valence-corrected chi connectivity index (χ4v) is 15.2. The van der Waals surface area contributed by atoms with Crippen molar-refractivity contribution < 1.29 is 80.2 Å². The van der Waals surface area contributed by atoms with E-state index in [4.69, 9.17) is 37.0 Å². The Morgan fingerprint density at radius 1 is 0.271 bits per heavy atom. The summed E-state index contributed by atoms with van der Waals surface area (Å²) in [4.78, 5) is 73.3. The average molecular weight is 1560 g/mol. The van der Waals surface area contributed by atoms with Crippen LogP contribution in [0.1, 0.15) is 466 Å². The van der Waals surface area contributed by atoms with Gasteiger partial charge >= 0.3 is 39.5 Å². The zero-order valence-corrected chi connectivity index (χ0v) is 72.4. The Bertz CT molecular complexity index is 2060. The molecule has 0 rings (SSSR count). The molecule has 0 spiro atoms. The molecule has 0 saturated heterocycles. The Kier molecular flexibility index (Phi) is 76.6. The minimum atomic E-state index is -4.97. The zero-order chi connectivity index (χ0) is 78.6. The summed E-state index contributed by atoms with van der Waals surface area (Å²) in [5, 5.41) is 10.7. The van der Waals surface area contributed by atoms with E-state index < -0.39 is 97.5 Å². The second-order valence-corrected chi connectivity index (χ2v) is 35.5. The van der Waals surface area contributed by atoms with E-state index in [0.29, 0.717) is 25.7 Å². The Hall–Kier alpha value is -1.94. The van der Waals surface area contributed by atoms with Gasteiger partial charge in [-0.1, -0.05) is 414 Å². The van der Waals surface area contributed by atoms with Gasteiger partial charge in [0.25, 0.3) is 0 Å². The van der Waals surface area contributed by atoms with Crippen LogP contribution in [-0.2, 0) is 65.4 Å². The summed E-state index contributed by atoms with van der Waals surface area (Å²) in [6.45, 7) is 12.1. The van der Waals surface area contributed by atoms with E-state index in [1.165, 1.54) is 276 Å². The first-order valence-electron chi connectivity index (χ1n) is 45.4. The second kappa shape index (κ2) is 78.0. The highest BCUT2D eigenvalue weighted by atomic mass is 31.2. The minimum Gasteiger partial charge on any atom is -0.462 e. The van der Waals surface area contributed by atoms with Crippen LogP contribution in [0.15, 0.2) is 0 Å². The van der Waals surface area contributed by atoms with Crippen molar-refractivity contribution in [3.63, 3.8) is 0 Å². The van der Waals surface area contributed by atoms with E-state index in [1.54, 1.807) is 0 Å². The van der Waals surface area contributed by atoms with Gasteiger partial charge in [-0.05, 0) is 43.4 Å². The van der Waals surface area contributed by atoms with Gasteiger partial charge in [0.2, 0.25) is 0 Å². The van der Waals surface area contributed by atoms with Gasteiger partial charge < -0.3 is 33.8 Å². The lowest BCUT2D eigenvalue weighted by molar-refractivity contribution is -0.161. The maximum absolute atomic E-state index is 13.2. The first-order chi connectivity index (χ1) is 51.8. The van der Waals surface area contributed by atoms with Crippen molar-refractivity contribution in [2.75, 3.05) is 39.6 Å². The van der Waals surface area contributed by atoms with Gasteiger partial charge in [0.15, 0.2) is 12.2 Å². The molecule has 636 valence electrons. The highest BCUT2D eigenvalue weighted by Crippen LogP contribution is 2.45. The summed E-state index contributed by atoms with van der Waals surface area (Å²) >= 11 is 0. The highest BCUT2D eigenvalue weighted by Gasteiger charge is 2.31. The first kappa shape index (κ1) is 105. The Morgan fingerprint density at radius 3 is 0.710 bits per heavy atom. The predicted octanol–water partition coefficient (Wildman–Crippen LogP) is 26.9. The second-order valence-electron chi connectivity index (χ2n) is 32.6. The summed E-state index contributed by atoms with van der Waals surface area (Å²) in [6, 6.07) is 0. The van der Waals surface area contributed by atoms with E-state index in [0.717, 1.165) is 108 Å².